The van der Waals surface area contributed by atoms with Gasteiger partial charge in [-0.3, -0.25) is 4.79 Å². The van der Waals surface area contributed by atoms with Crippen LogP contribution in [-0.2, 0) is 11.3 Å². The fraction of sp³-hybridized carbons (Fsp3) is 0.440. The van der Waals surface area contributed by atoms with E-state index in [1.807, 2.05) is 36.4 Å². The van der Waals surface area contributed by atoms with Crippen LogP contribution in [0, 0.1) is 0 Å². The highest BCUT2D eigenvalue weighted by Gasteiger charge is 2.20. The second-order valence-corrected chi connectivity index (χ2v) is 8.43. The summed E-state index contributed by atoms with van der Waals surface area (Å²) in [6, 6.07) is 12.8. The third-order valence-corrected chi connectivity index (χ3v) is 6.08. The number of anilines is 2. The van der Waals surface area contributed by atoms with Gasteiger partial charge in [-0.15, -0.1) is 0 Å². The minimum absolute atomic E-state index is 0.0730. The lowest BCUT2D eigenvalue weighted by Gasteiger charge is -2.22. The van der Waals surface area contributed by atoms with E-state index in [4.69, 9.17) is 9.47 Å². The molecule has 176 valence electrons. The predicted octanol–water partition coefficient (Wildman–Crippen LogP) is 3.53. The van der Waals surface area contributed by atoms with Gasteiger partial charge < -0.3 is 30.3 Å². The van der Waals surface area contributed by atoms with Gasteiger partial charge in [-0.2, -0.15) is 0 Å². The largest absolute Gasteiger partial charge is 0.497 e. The molecule has 2 aliphatic heterocycles. The van der Waals surface area contributed by atoms with Crippen molar-refractivity contribution in [2.45, 2.75) is 38.3 Å². The third-order valence-electron chi connectivity index (χ3n) is 6.08. The number of benzene rings is 2. The molecule has 4 rings (SSSR count). The molecule has 0 aliphatic carbocycles. The Bertz CT molecular complexity index is 951. The number of amides is 3. The van der Waals surface area contributed by atoms with Gasteiger partial charge in [-0.05, 0) is 61.6 Å². The molecule has 33 heavy (non-hydrogen) atoms. The molecule has 2 aliphatic rings. The summed E-state index contributed by atoms with van der Waals surface area (Å²) in [4.78, 5) is 27.6. The first-order chi connectivity index (χ1) is 16.1. The van der Waals surface area contributed by atoms with E-state index in [0.29, 0.717) is 24.3 Å². The molecule has 2 heterocycles. The topological polar surface area (TPSA) is 91.9 Å². The molecule has 0 spiro atoms. The fourth-order valence-corrected chi connectivity index (χ4v) is 4.22. The molecule has 3 N–H and O–H groups in total. The number of nitrogens with zero attached hydrogens (tertiary/aromatic N) is 1. The summed E-state index contributed by atoms with van der Waals surface area (Å²) in [6.45, 7) is 3.51. The Morgan fingerprint density at radius 2 is 1.85 bits per heavy atom. The molecule has 1 atom stereocenters. The molecule has 2 saturated heterocycles. The van der Waals surface area contributed by atoms with Crippen LogP contribution in [0.4, 0.5) is 16.2 Å². The Morgan fingerprint density at radius 1 is 1.06 bits per heavy atom. The molecule has 1 unspecified atom stereocenters. The number of carbonyl (C=O) groups is 2. The Hall–Kier alpha value is -3.26. The lowest BCUT2D eigenvalue weighted by atomic mass is 10.1. The van der Waals surface area contributed by atoms with Crippen molar-refractivity contribution in [2.75, 3.05) is 43.6 Å². The highest BCUT2D eigenvalue weighted by Crippen LogP contribution is 2.30. The van der Waals surface area contributed by atoms with Crippen LogP contribution in [0.2, 0.25) is 0 Å². The standard InChI is InChI=1S/C25H32N4O4/c1-32-20-9-6-18(7-10-20)16-26-24(30)19-8-11-23(29-12-2-3-13-29)22(15-19)28-25(31)27-17-21-5-4-14-33-21/h6-11,15,21H,2-5,12-14,16-17H2,1H3,(H,26,30)(H2,27,28,31). The monoisotopic (exact) mass is 452 g/mol. The first-order valence-electron chi connectivity index (χ1n) is 11.6. The van der Waals surface area contributed by atoms with E-state index >= 15 is 0 Å². The summed E-state index contributed by atoms with van der Waals surface area (Å²) in [5.74, 6) is 0.581. The minimum Gasteiger partial charge on any atom is -0.497 e. The van der Waals surface area contributed by atoms with E-state index in [0.717, 1.165) is 62.4 Å². The number of ether oxygens (including phenoxy) is 2. The van der Waals surface area contributed by atoms with Crippen molar-refractivity contribution in [3.63, 3.8) is 0 Å². The number of methoxy groups -OCH3 is 1. The van der Waals surface area contributed by atoms with Gasteiger partial charge in [-0.1, -0.05) is 12.1 Å². The Morgan fingerprint density at radius 3 is 2.55 bits per heavy atom. The summed E-state index contributed by atoms with van der Waals surface area (Å²) in [5, 5.41) is 8.79. The summed E-state index contributed by atoms with van der Waals surface area (Å²) in [5.41, 5.74) is 3.05. The van der Waals surface area contributed by atoms with Gasteiger partial charge in [0.15, 0.2) is 0 Å². The number of nitrogens with one attached hydrogen (secondary N) is 3. The van der Waals surface area contributed by atoms with Gasteiger partial charge in [0.05, 0.1) is 24.6 Å². The van der Waals surface area contributed by atoms with Crippen molar-refractivity contribution < 1.29 is 19.1 Å². The van der Waals surface area contributed by atoms with Crippen molar-refractivity contribution in [1.82, 2.24) is 10.6 Å². The van der Waals surface area contributed by atoms with Crippen molar-refractivity contribution in [2.24, 2.45) is 0 Å². The van der Waals surface area contributed by atoms with Crippen LogP contribution in [0.15, 0.2) is 42.5 Å². The maximum atomic E-state index is 12.8. The van der Waals surface area contributed by atoms with E-state index < -0.39 is 0 Å². The molecule has 2 aromatic rings. The van der Waals surface area contributed by atoms with Crippen LogP contribution in [0.25, 0.3) is 0 Å². The highest BCUT2D eigenvalue weighted by molar-refractivity contribution is 5.99. The molecular weight excluding hydrogens is 420 g/mol. The summed E-state index contributed by atoms with van der Waals surface area (Å²) in [7, 11) is 1.62. The molecule has 2 aromatic carbocycles. The van der Waals surface area contributed by atoms with Crippen LogP contribution < -0.4 is 25.6 Å². The van der Waals surface area contributed by atoms with Gasteiger partial charge in [-0.25, -0.2) is 4.79 Å². The number of carbonyl (C=O) groups excluding carboxylic acids is 2. The second-order valence-electron chi connectivity index (χ2n) is 8.43. The third kappa shape index (κ3) is 6.16. The normalized spacial score (nSPS) is 17.6. The average Bonchev–Trinajstić information content (AvgIpc) is 3.56. The van der Waals surface area contributed by atoms with E-state index in [1.165, 1.54) is 0 Å². The number of urea groups is 1. The van der Waals surface area contributed by atoms with E-state index in [1.54, 1.807) is 13.2 Å². The van der Waals surface area contributed by atoms with Crippen LogP contribution >= 0.6 is 0 Å². The Balaban J connectivity index is 1.42. The van der Waals surface area contributed by atoms with Crippen molar-refractivity contribution in [3.05, 3.63) is 53.6 Å². The van der Waals surface area contributed by atoms with Crippen molar-refractivity contribution >= 4 is 23.3 Å². The Labute approximate surface area is 194 Å². The molecule has 8 nitrogen and oxygen atoms in total. The van der Waals surface area contributed by atoms with E-state index in [2.05, 4.69) is 20.9 Å². The molecule has 8 heteroatoms. The van der Waals surface area contributed by atoms with Gasteiger partial charge in [0.25, 0.3) is 5.91 Å². The Kier molecular flexibility index (Phi) is 7.67. The zero-order valence-electron chi connectivity index (χ0n) is 19.1. The molecule has 0 aromatic heterocycles. The molecule has 0 saturated carbocycles. The van der Waals surface area contributed by atoms with Crippen LogP contribution in [0.3, 0.4) is 0 Å². The average molecular weight is 453 g/mol. The first kappa shape index (κ1) is 22.9. The first-order valence-corrected chi connectivity index (χ1v) is 11.6. The van der Waals surface area contributed by atoms with Crippen molar-refractivity contribution in [1.29, 1.82) is 0 Å². The number of hydrogen-bond acceptors (Lipinski definition) is 5. The molecule has 0 bridgehead atoms. The van der Waals surface area contributed by atoms with Crippen LogP contribution in [0.1, 0.15) is 41.6 Å². The predicted molar refractivity (Wildman–Crippen MR) is 128 cm³/mol. The quantitative estimate of drug-likeness (QED) is 0.570. The van der Waals surface area contributed by atoms with E-state index in [-0.39, 0.29) is 18.0 Å². The zero-order chi connectivity index (χ0) is 23.0. The van der Waals surface area contributed by atoms with Gasteiger partial charge in [0.1, 0.15) is 5.75 Å². The molecule has 3 amide bonds. The SMILES string of the molecule is COc1ccc(CNC(=O)c2ccc(N3CCCC3)c(NC(=O)NCC3CCCO3)c2)cc1. The van der Waals surface area contributed by atoms with Crippen LogP contribution in [-0.4, -0.2) is 51.4 Å². The summed E-state index contributed by atoms with van der Waals surface area (Å²) < 4.78 is 10.7. The van der Waals surface area contributed by atoms with E-state index in [9.17, 15) is 9.59 Å². The molecular formula is C25H32N4O4. The second kappa shape index (κ2) is 11.0. The smallest absolute Gasteiger partial charge is 0.319 e. The maximum Gasteiger partial charge on any atom is 0.319 e. The summed E-state index contributed by atoms with van der Waals surface area (Å²) in [6.07, 6.45) is 4.30. The number of rotatable bonds is 8. The van der Waals surface area contributed by atoms with Gasteiger partial charge in [0.2, 0.25) is 0 Å². The van der Waals surface area contributed by atoms with Crippen molar-refractivity contribution in [3.8, 4) is 5.75 Å². The molecule has 2 fully saturated rings. The number of hydrogen-bond donors (Lipinski definition) is 3. The lowest BCUT2D eigenvalue weighted by molar-refractivity contribution is 0.0951. The summed E-state index contributed by atoms with van der Waals surface area (Å²) >= 11 is 0. The minimum atomic E-state index is -0.290. The zero-order valence-corrected chi connectivity index (χ0v) is 19.1. The van der Waals surface area contributed by atoms with Crippen LogP contribution in [0.5, 0.6) is 5.75 Å². The van der Waals surface area contributed by atoms with Gasteiger partial charge in [0, 0.05) is 38.3 Å². The van der Waals surface area contributed by atoms with Gasteiger partial charge >= 0.3 is 6.03 Å². The highest BCUT2D eigenvalue weighted by atomic mass is 16.5. The maximum absolute atomic E-state index is 12.8. The molecule has 0 radical (unpaired) electrons. The fourth-order valence-electron chi connectivity index (χ4n) is 4.22. The lowest BCUT2D eigenvalue weighted by Crippen LogP contribution is -2.35.